The molecule has 1 amide bonds. The molecule has 5 rings (SSSR count). The first kappa shape index (κ1) is 23.9. The first-order valence-corrected chi connectivity index (χ1v) is 13.6. The van der Waals surface area contributed by atoms with Crippen molar-refractivity contribution in [3.63, 3.8) is 0 Å². The van der Waals surface area contributed by atoms with Gasteiger partial charge >= 0.3 is 0 Å². The van der Waals surface area contributed by atoms with Gasteiger partial charge in [0.05, 0.1) is 29.1 Å². The van der Waals surface area contributed by atoms with E-state index in [2.05, 4.69) is 11.9 Å². The van der Waals surface area contributed by atoms with Gasteiger partial charge in [-0.05, 0) is 68.3 Å². The third kappa shape index (κ3) is 3.35. The predicted octanol–water partition coefficient (Wildman–Crippen LogP) is 3.04. The quantitative estimate of drug-likeness (QED) is 0.237. The number of carbonyl (C=O) groups is 2. The molecule has 5 aliphatic rings. The number of fused-ring (bicyclic) bond motifs is 3. The summed E-state index contributed by atoms with van der Waals surface area (Å²) in [6.07, 6.45) is 7.46. The Morgan fingerprint density at radius 1 is 1.21 bits per heavy atom. The Morgan fingerprint density at radius 2 is 1.91 bits per heavy atom. The standard InChI is InChI=1S/C26H36INO5/c1-14-11-25-13-26(14,33)9-8-17(25)16-10-18(29)21(30)24(2,23(27)32)19(16)20(25)22(31)28-12-15-6-4-3-5-7-15/h10,15,17-21,29-30,33H,1,3-9,11-13H2,2H3,(H,28,31)/t17-,18+,19+,20+,21-,24-,25-,26-/m0/s1. The van der Waals surface area contributed by atoms with Gasteiger partial charge in [-0.2, -0.15) is 0 Å². The van der Waals surface area contributed by atoms with Crippen LogP contribution in [-0.4, -0.2) is 49.4 Å². The van der Waals surface area contributed by atoms with Gasteiger partial charge in [-0.1, -0.05) is 37.5 Å². The van der Waals surface area contributed by atoms with E-state index >= 15 is 0 Å². The number of aliphatic hydroxyl groups excluding tert-OH is 2. The molecule has 4 saturated carbocycles. The van der Waals surface area contributed by atoms with Crippen molar-refractivity contribution in [2.24, 2.45) is 34.5 Å². The molecule has 1 spiro atoms. The van der Waals surface area contributed by atoms with E-state index in [1.807, 2.05) is 0 Å². The SMILES string of the molecule is C=C1C[C@]23C[C@@]1(O)CC[C@H]2C1=C[C@@H](O)[C@H](O)[C@@](C)(C(=O)I)[C@H]1[C@@H]3C(=O)NCC1CCCCC1. The number of halogens is 1. The fraction of sp³-hybridized carbons (Fsp3) is 0.769. The molecule has 182 valence electrons. The molecule has 4 N–H and O–H groups in total. The van der Waals surface area contributed by atoms with Gasteiger partial charge in [-0.3, -0.25) is 9.59 Å². The maximum Gasteiger partial charge on any atom is 0.224 e. The molecule has 8 atom stereocenters. The first-order valence-electron chi connectivity index (χ1n) is 12.5. The van der Waals surface area contributed by atoms with Crippen molar-refractivity contribution in [3.8, 4) is 0 Å². The summed E-state index contributed by atoms with van der Waals surface area (Å²) in [7, 11) is 0. The maximum atomic E-state index is 14.0. The highest BCUT2D eigenvalue weighted by atomic mass is 127. The first-order chi connectivity index (χ1) is 15.5. The topological polar surface area (TPSA) is 107 Å². The second kappa shape index (κ2) is 8.14. The monoisotopic (exact) mass is 569 g/mol. The van der Waals surface area contributed by atoms with Crippen LogP contribution in [-0.2, 0) is 9.59 Å². The van der Waals surface area contributed by atoms with E-state index in [9.17, 15) is 24.9 Å². The van der Waals surface area contributed by atoms with E-state index in [0.29, 0.717) is 38.1 Å². The van der Waals surface area contributed by atoms with E-state index in [1.165, 1.54) is 19.3 Å². The van der Waals surface area contributed by atoms with Crippen LogP contribution >= 0.6 is 22.6 Å². The lowest BCUT2D eigenvalue weighted by atomic mass is 9.60. The Kier molecular flexibility index (Phi) is 5.90. The summed E-state index contributed by atoms with van der Waals surface area (Å²) < 4.78 is -0.241. The molecular formula is C26H36INO5. The summed E-state index contributed by atoms with van der Waals surface area (Å²) >= 11 is 1.72. The molecule has 2 bridgehead atoms. The van der Waals surface area contributed by atoms with E-state index in [-0.39, 0.29) is 15.6 Å². The molecule has 0 unspecified atom stereocenters. The average Bonchev–Trinajstić information content (AvgIpc) is 3.16. The molecular weight excluding hydrogens is 533 g/mol. The summed E-state index contributed by atoms with van der Waals surface area (Å²) in [6, 6.07) is 0. The second-order valence-electron chi connectivity index (χ2n) is 11.7. The van der Waals surface area contributed by atoms with Gasteiger partial charge in [-0.15, -0.1) is 0 Å². The molecule has 0 radical (unpaired) electrons. The van der Waals surface area contributed by atoms with Gasteiger partial charge in [0, 0.05) is 35.1 Å². The molecule has 33 heavy (non-hydrogen) atoms. The molecule has 0 aromatic heterocycles. The zero-order valence-electron chi connectivity index (χ0n) is 19.4. The van der Waals surface area contributed by atoms with Crippen LogP contribution < -0.4 is 5.32 Å². The number of aliphatic hydroxyl groups is 3. The van der Waals surface area contributed by atoms with Crippen LogP contribution in [0.25, 0.3) is 0 Å². The number of hydrogen-bond donors (Lipinski definition) is 4. The predicted molar refractivity (Wildman–Crippen MR) is 132 cm³/mol. The minimum atomic E-state index is -1.27. The number of amides is 1. The van der Waals surface area contributed by atoms with Crippen LogP contribution in [0.15, 0.2) is 23.8 Å². The fourth-order valence-electron chi connectivity index (χ4n) is 8.29. The normalized spacial score (nSPS) is 47.0. The second-order valence-corrected chi connectivity index (χ2v) is 12.7. The molecule has 6 nitrogen and oxygen atoms in total. The minimum absolute atomic E-state index is 0.00956. The van der Waals surface area contributed by atoms with Crippen LogP contribution in [0.3, 0.4) is 0 Å². The Labute approximate surface area is 209 Å². The molecule has 0 aliphatic heterocycles. The van der Waals surface area contributed by atoms with Crippen molar-refractivity contribution < 1.29 is 24.9 Å². The number of carbonyl (C=O) groups excluding carboxylic acids is 2. The number of hydrogen-bond acceptors (Lipinski definition) is 5. The summed E-state index contributed by atoms with van der Waals surface area (Å²) in [5.41, 5.74) is -1.08. The van der Waals surface area contributed by atoms with Gasteiger partial charge in [-0.25, -0.2) is 0 Å². The summed E-state index contributed by atoms with van der Waals surface area (Å²) in [5, 5.41) is 36.3. The van der Waals surface area contributed by atoms with E-state index < -0.39 is 40.5 Å². The van der Waals surface area contributed by atoms with Gasteiger partial charge in [0.2, 0.25) is 9.70 Å². The van der Waals surface area contributed by atoms with E-state index in [0.717, 1.165) is 24.0 Å². The largest absolute Gasteiger partial charge is 0.389 e. The van der Waals surface area contributed by atoms with Gasteiger partial charge < -0.3 is 20.6 Å². The Hall–Kier alpha value is -0.770. The van der Waals surface area contributed by atoms with Crippen LogP contribution in [0.4, 0.5) is 0 Å². The zero-order valence-corrected chi connectivity index (χ0v) is 21.5. The smallest absolute Gasteiger partial charge is 0.224 e. The number of allylic oxidation sites excluding steroid dienone is 1. The average molecular weight is 569 g/mol. The highest BCUT2D eigenvalue weighted by Gasteiger charge is 2.73. The highest BCUT2D eigenvalue weighted by Crippen LogP contribution is 2.73. The van der Waals surface area contributed by atoms with Crippen LogP contribution in [0, 0.1) is 34.5 Å². The van der Waals surface area contributed by atoms with E-state index in [1.54, 1.807) is 35.6 Å². The lowest BCUT2D eigenvalue weighted by molar-refractivity contribution is -0.145. The van der Waals surface area contributed by atoms with Crippen molar-refractivity contribution >= 4 is 32.3 Å². The lowest BCUT2D eigenvalue weighted by Gasteiger charge is -2.45. The molecule has 5 aliphatic carbocycles. The lowest BCUT2D eigenvalue weighted by Crippen LogP contribution is -2.56. The minimum Gasteiger partial charge on any atom is -0.389 e. The fourth-order valence-corrected chi connectivity index (χ4v) is 8.94. The molecule has 0 aromatic rings. The van der Waals surface area contributed by atoms with Crippen molar-refractivity contribution in [1.82, 2.24) is 5.32 Å². The van der Waals surface area contributed by atoms with Crippen molar-refractivity contribution in [2.75, 3.05) is 6.54 Å². The Balaban J connectivity index is 1.57. The Morgan fingerprint density at radius 3 is 2.58 bits per heavy atom. The van der Waals surface area contributed by atoms with Crippen molar-refractivity contribution in [2.45, 2.75) is 82.5 Å². The maximum absolute atomic E-state index is 14.0. The molecule has 0 aromatic carbocycles. The van der Waals surface area contributed by atoms with E-state index in [4.69, 9.17) is 0 Å². The summed E-state index contributed by atoms with van der Waals surface area (Å²) in [4.78, 5) is 27.0. The van der Waals surface area contributed by atoms with Crippen LogP contribution in [0.5, 0.6) is 0 Å². The van der Waals surface area contributed by atoms with Crippen molar-refractivity contribution in [1.29, 1.82) is 0 Å². The third-order valence-corrected chi connectivity index (χ3v) is 11.2. The van der Waals surface area contributed by atoms with Crippen molar-refractivity contribution in [3.05, 3.63) is 23.8 Å². The van der Waals surface area contributed by atoms with Gasteiger partial charge in [0.1, 0.15) is 0 Å². The Bertz CT molecular complexity index is 912. The molecule has 7 heteroatoms. The number of nitrogens with one attached hydrogen (secondary N) is 1. The summed E-state index contributed by atoms with van der Waals surface area (Å²) in [6.45, 7) is 6.53. The highest BCUT2D eigenvalue weighted by molar-refractivity contribution is 14.1. The zero-order chi connectivity index (χ0) is 23.8. The molecule has 0 saturated heterocycles. The van der Waals surface area contributed by atoms with Crippen LogP contribution in [0.2, 0.25) is 0 Å². The third-order valence-electron chi connectivity index (χ3n) is 10.0. The van der Waals surface area contributed by atoms with Gasteiger partial charge in [0.15, 0.2) is 0 Å². The van der Waals surface area contributed by atoms with Crippen LogP contribution in [0.1, 0.15) is 64.7 Å². The van der Waals surface area contributed by atoms with Gasteiger partial charge in [0.25, 0.3) is 0 Å². The summed E-state index contributed by atoms with van der Waals surface area (Å²) in [5.74, 6) is -0.653. The number of rotatable bonds is 4. The molecule has 4 fully saturated rings. The molecule has 0 heterocycles.